The van der Waals surface area contributed by atoms with Crippen LogP contribution in [0, 0.1) is 20.8 Å². The van der Waals surface area contributed by atoms with Gasteiger partial charge in [0.25, 0.3) is 5.52 Å². The Balaban J connectivity index is 2.31. The lowest BCUT2D eigenvalue weighted by Gasteiger charge is -2.18. The molecule has 0 amide bonds. The van der Waals surface area contributed by atoms with E-state index in [1.54, 1.807) is 0 Å². The van der Waals surface area contributed by atoms with Crippen LogP contribution in [0.1, 0.15) is 34.0 Å². The van der Waals surface area contributed by atoms with Gasteiger partial charge in [-0.15, -0.1) is 0 Å². The van der Waals surface area contributed by atoms with E-state index in [0.717, 1.165) is 16.7 Å². The van der Waals surface area contributed by atoms with E-state index in [1.165, 1.54) is 0 Å². The van der Waals surface area contributed by atoms with E-state index >= 15 is 0 Å². The maximum atomic E-state index is 12.9. The molecule has 1 atom stereocenters. The van der Waals surface area contributed by atoms with E-state index in [9.17, 15) is 4.79 Å². The van der Waals surface area contributed by atoms with Crippen LogP contribution in [-0.4, -0.2) is 12.1 Å². The average Bonchev–Trinajstić information content (AvgIpc) is 2.46. The molecule has 2 aromatic carbocycles. The molecule has 0 bridgehead atoms. The number of benzene rings is 2. The third kappa shape index (κ3) is 3.94. The summed E-state index contributed by atoms with van der Waals surface area (Å²) in [7, 11) is -1.66. The maximum absolute atomic E-state index is 12.9. The van der Waals surface area contributed by atoms with Crippen molar-refractivity contribution in [2.75, 3.05) is 6.61 Å². The monoisotopic (exact) mass is 316 g/mol. The molecule has 0 spiro atoms. The molecule has 0 saturated heterocycles. The summed E-state index contributed by atoms with van der Waals surface area (Å²) >= 11 is 0. The molecular formula is C18H21O3P. The van der Waals surface area contributed by atoms with Gasteiger partial charge in [-0.3, -0.25) is 4.79 Å². The zero-order valence-electron chi connectivity index (χ0n) is 13.4. The van der Waals surface area contributed by atoms with Gasteiger partial charge in [-0.2, -0.15) is 0 Å². The van der Waals surface area contributed by atoms with Gasteiger partial charge in [0.15, 0.2) is 0 Å². The van der Waals surface area contributed by atoms with Crippen molar-refractivity contribution in [3.05, 3.63) is 64.7 Å². The van der Waals surface area contributed by atoms with Crippen molar-refractivity contribution in [1.82, 2.24) is 0 Å². The van der Waals surface area contributed by atoms with Crippen LogP contribution in [0.4, 0.5) is 0 Å². The summed E-state index contributed by atoms with van der Waals surface area (Å²) < 4.78 is 11.4. The number of carbonyl (C=O) groups excluding carboxylic acids is 1. The minimum Gasteiger partial charge on any atom is -0.442 e. The molecule has 4 heteroatoms. The fourth-order valence-corrected chi connectivity index (χ4v) is 3.77. The van der Waals surface area contributed by atoms with Crippen LogP contribution in [0.3, 0.4) is 0 Å². The molecule has 1 unspecified atom stereocenters. The first kappa shape index (κ1) is 16.7. The molecular weight excluding hydrogens is 295 g/mol. The molecule has 0 aromatic heterocycles. The summed E-state index contributed by atoms with van der Waals surface area (Å²) in [5.74, 6) is 0.651. The Hall–Kier alpha value is -1.70. The topological polar surface area (TPSA) is 35.5 Å². The van der Waals surface area contributed by atoms with Gasteiger partial charge >= 0.3 is 8.38 Å². The first-order valence-corrected chi connectivity index (χ1v) is 8.49. The van der Waals surface area contributed by atoms with Crippen molar-refractivity contribution in [1.29, 1.82) is 0 Å². The highest BCUT2D eigenvalue weighted by Gasteiger charge is 2.27. The van der Waals surface area contributed by atoms with Crippen LogP contribution in [0.2, 0.25) is 0 Å². The van der Waals surface area contributed by atoms with Crippen LogP contribution in [0.25, 0.3) is 0 Å². The molecule has 0 aliphatic heterocycles. The van der Waals surface area contributed by atoms with Gasteiger partial charge in [-0.05, 0) is 51.0 Å². The summed E-state index contributed by atoms with van der Waals surface area (Å²) in [6, 6.07) is 13.4. The molecule has 0 saturated carbocycles. The zero-order chi connectivity index (χ0) is 16.1. The first-order valence-electron chi connectivity index (χ1n) is 7.31. The van der Waals surface area contributed by atoms with E-state index in [4.69, 9.17) is 9.05 Å². The van der Waals surface area contributed by atoms with Gasteiger partial charge in [0.05, 0.1) is 6.61 Å². The van der Waals surface area contributed by atoms with Crippen molar-refractivity contribution in [2.24, 2.45) is 0 Å². The van der Waals surface area contributed by atoms with Crippen molar-refractivity contribution in [2.45, 2.75) is 27.7 Å². The van der Waals surface area contributed by atoms with Crippen LogP contribution < -0.4 is 4.52 Å². The second-order valence-electron chi connectivity index (χ2n) is 5.16. The molecule has 22 heavy (non-hydrogen) atoms. The third-order valence-electron chi connectivity index (χ3n) is 3.23. The summed E-state index contributed by atoms with van der Waals surface area (Å²) in [6.07, 6.45) is 0. The number of hydrogen-bond donors (Lipinski definition) is 0. The zero-order valence-corrected chi connectivity index (χ0v) is 14.3. The smallest absolute Gasteiger partial charge is 0.308 e. The van der Waals surface area contributed by atoms with E-state index in [2.05, 4.69) is 0 Å². The van der Waals surface area contributed by atoms with Gasteiger partial charge in [0.1, 0.15) is 5.75 Å². The lowest BCUT2D eigenvalue weighted by Crippen LogP contribution is -2.09. The summed E-state index contributed by atoms with van der Waals surface area (Å²) in [6.45, 7) is 8.24. The SMILES string of the molecule is CCOP(Oc1ccccc1)C(=O)c1c(C)cc(C)cc1C. The standard InChI is InChI=1S/C18H21O3P/c1-5-20-22(21-16-9-7-6-8-10-16)18(19)17-14(3)11-13(2)12-15(17)4/h6-12H,5H2,1-4H3. The van der Waals surface area contributed by atoms with E-state index in [-0.39, 0.29) is 5.52 Å². The van der Waals surface area contributed by atoms with E-state index in [1.807, 2.05) is 70.2 Å². The molecule has 0 radical (unpaired) electrons. The Morgan fingerprint density at radius 1 is 1.05 bits per heavy atom. The number of hydrogen-bond acceptors (Lipinski definition) is 3. The van der Waals surface area contributed by atoms with E-state index in [0.29, 0.717) is 17.9 Å². The molecule has 0 heterocycles. The van der Waals surface area contributed by atoms with Crippen molar-refractivity contribution in [3.8, 4) is 5.75 Å². The normalized spacial score (nSPS) is 12.0. The number of aryl methyl sites for hydroxylation is 3. The minimum absolute atomic E-state index is 0.0734. The predicted molar refractivity (Wildman–Crippen MR) is 90.6 cm³/mol. The predicted octanol–water partition coefficient (Wildman–Crippen LogP) is 5.18. The molecule has 3 nitrogen and oxygen atoms in total. The van der Waals surface area contributed by atoms with Crippen LogP contribution in [0.5, 0.6) is 5.75 Å². The van der Waals surface area contributed by atoms with Crippen LogP contribution in [-0.2, 0) is 4.52 Å². The third-order valence-corrected chi connectivity index (χ3v) is 4.66. The number of rotatable bonds is 6. The highest BCUT2D eigenvalue weighted by Crippen LogP contribution is 2.43. The van der Waals surface area contributed by atoms with Gasteiger partial charge < -0.3 is 9.05 Å². The summed E-state index contributed by atoms with van der Waals surface area (Å²) in [5, 5.41) is 0. The molecule has 0 aliphatic rings. The first-order chi connectivity index (χ1) is 10.5. The van der Waals surface area contributed by atoms with Crippen molar-refractivity contribution < 1.29 is 13.8 Å². The average molecular weight is 316 g/mol. The summed E-state index contributed by atoms with van der Waals surface area (Å²) in [5.41, 5.74) is 3.71. The van der Waals surface area contributed by atoms with Crippen molar-refractivity contribution in [3.63, 3.8) is 0 Å². The second-order valence-corrected chi connectivity index (χ2v) is 6.52. The van der Waals surface area contributed by atoms with Crippen LogP contribution >= 0.6 is 8.38 Å². The van der Waals surface area contributed by atoms with Gasteiger partial charge in [0, 0.05) is 5.56 Å². The Morgan fingerprint density at radius 2 is 1.64 bits per heavy atom. The largest absolute Gasteiger partial charge is 0.442 e. The Kier molecular flexibility index (Phi) is 5.70. The van der Waals surface area contributed by atoms with Crippen molar-refractivity contribution >= 4 is 13.9 Å². The summed E-state index contributed by atoms with van der Waals surface area (Å²) in [4.78, 5) is 12.9. The maximum Gasteiger partial charge on any atom is 0.308 e. The number of carbonyl (C=O) groups is 1. The Morgan fingerprint density at radius 3 is 2.18 bits per heavy atom. The molecule has 2 aromatic rings. The lowest BCUT2D eigenvalue weighted by atomic mass is 10.0. The highest BCUT2D eigenvalue weighted by molar-refractivity contribution is 7.67. The molecule has 2 rings (SSSR count). The Labute approximate surface area is 133 Å². The number of para-hydroxylation sites is 1. The minimum atomic E-state index is -1.66. The van der Waals surface area contributed by atoms with Gasteiger partial charge in [0.2, 0.25) is 0 Å². The van der Waals surface area contributed by atoms with Gasteiger partial charge in [-0.25, -0.2) is 0 Å². The molecule has 0 fully saturated rings. The lowest BCUT2D eigenvalue weighted by molar-refractivity contribution is 0.105. The van der Waals surface area contributed by atoms with Crippen LogP contribution in [0.15, 0.2) is 42.5 Å². The Bertz CT molecular complexity index is 630. The quantitative estimate of drug-likeness (QED) is 0.689. The molecule has 116 valence electrons. The highest BCUT2D eigenvalue weighted by atomic mass is 31.2. The molecule has 0 N–H and O–H groups in total. The molecule has 0 aliphatic carbocycles. The van der Waals surface area contributed by atoms with Gasteiger partial charge in [-0.1, -0.05) is 35.9 Å². The van der Waals surface area contributed by atoms with E-state index < -0.39 is 8.38 Å². The second kappa shape index (κ2) is 7.53. The fourth-order valence-electron chi connectivity index (χ4n) is 2.43. The fraction of sp³-hybridized carbons (Fsp3) is 0.278.